The second-order valence-electron chi connectivity index (χ2n) is 10.3. The molecule has 2 saturated heterocycles. The normalized spacial score (nSPS) is 21.2. The van der Waals surface area contributed by atoms with Crippen molar-refractivity contribution in [1.82, 2.24) is 15.5 Å². The number of aryl methyl sites for hydroxylation is 1. The molecule has 7 nitrogen and oxygen atoms in total. The van der Waals surface area contributed by atoms with Crippen molar-refractivity contribution in [1.29, 1.82) is 0 Å². The number of likely N-dealkylation sites (tertiary alicyclic amines) is 1. The van der Waals surface area contributed by atoms with Crippen LogP contribution < -0.4 is 10.6 Å². The Morgan fingerprint density at radius 3 is 2.47 bits per heavy atom. The lowest BCUT2D eigenvalue weighted by molar-refractivity contribution is -0.00286. The van der Waals surface area contributed by atoms with Gasteiger partial charge in [0, 0.05) is 42.9 Å². The Hall–Kier alpha value is -2.88. The largest absolute Gasteiger partial charge is 0.389 e. The molecule has 0 radical (unpaired) electrons. The Balaban J connectivity index is 1.57. The Labute approximate surface area is 222 Å². The molecule has 4 rings (SSSR count). The third-order valence-electron chi connectivity index (χ3n) is 7.29. The van der Waals surface area contributed by atoms with Gasteiger partial charge in [-0.05, 0) is 94.0 Å². The summed E-state index contributed by atoms with van der Waals surface area (Å²) in [6.45, 7) is 6.33. The lowest BCUT2D eigenvalue weighted by Gasteiger charge is -2.36. The number of nitrogens with zero attached hydrogens (tertiary/aromatic N) is 1. The number of carbonyl (C=O) groups excluding carboxylic acids is 2. The SMILES string of the molecule is CCOC1CCNC(C(O)C(Cc2cc(F)cc(F)c2)NC(=O)c2cc(C)cc(C(=O)N3CCCC3)c2)C1. The van der Waals surface area contributed by atoms with Crippen LogP contribution in [-0.4, -0.2) is 72.4 Å². The Bertz CT molecular complexity index is 1120. The van der Waals surface area contributed by atoms with E-state index >= 15 is 0 Å². The van der Waals surface area contributed by atoms with Gasteiger partial charge in [-0.3, -0.25) is 9.59 Å². The predicted molar refractivity (Wildman–Crippen MR) is 140 cm³/mol. The van der Waals surface area contributed by atoms with Crippen molar-refractivity contribution in [3.05, 3.63) is 70.3 Å². The van der Waals surface area contributed by atoms with Crippen molar-refractivity contribution in [3.63, 3.8) is 0 Å². The molecule has 38 heavy (non-hydrogen) atoms. The molecule has 2 heterocycles. The van der Waals surface area contributed by atoms with Gasteiger partial charge in [-0.1, -0.05) is 0 Å². The number of halogens is 2. The maximum Gasteiger partial charge on any atom is 0.253 e. The van der Waals surface area contributed by atoms with Gasteiger partial charge in [0.05, 0.1) is 18.2 Å². The molecule has 206 valence electrons. The molecular weight excluding hydrogens is 492 g/mol. The third-order valence-corrected chi connectivity index (χ3v) is 7.29. The standard InChI is InChI=1S/C29H37F2N3O4/c1-3-38-24-6-7-32-25(17-24)27(35)26(14-19-12-22(30)16-23(31)13-19)33-28(36)20-10-18(2)11-21(15-20)29(37)34-8-4-5-9-34/h10-13,15-16,24-27,32,35H,3-9,14,17H2,1-2H3,(H,33,36). The highest BCUT2D eigenvalue weighted by Gasteiger charge is 2.34. The van der Waals surface area contributed by atoms with E-state index in [9.17, 15) is 23.5 Å². The fourth-order valence-corrected chi connectivity index (χ4v) is 5.47. The number of amides is 2. The topological polar surface area (TPSA) is 90.9 Å². The smallest absolute Gasteiger partial charge is 0.253 e. The predicted octanol–water partition coefficient (Wildman–Crippen LogP) is 3.37. The Morgan fingerprint density at radius 1 is 1.11 bits per heavy atom. The van der Waals surface area contributed by atoms with Crippen LogP contribution in [0.2, 0.25) is 0 Å². The molecule has 2 amide bonds. The van der Waals surface area contributed by atoms with Crippen molar-refractivity contribution in [2.45, 2.75) is 70.2 Å². The summed E-state index contributed by atoms with van der Waals surface area (Å²) in [6.07, 6.45) is 2.21. The number of carbonyl (C=O) groups is 2. The molecule has 0 bridgehead atoms. The summed E-state index contributed by atoms with van der Waals surface area (Å²) < 4.78 is 33.6. The summed E-state index contributed by atoms with van der Waals surface area (Å²) in [5, 5.41) is 17.6. The van der Waals surface area contributed by atoms with Crippen LogP contribution in [0.25, 0.3) is 0 Å². The maximum atomic E-state index is 13.9. The molecular formula is C29H37F2N3O4. The maximum absolute atomic E-state index is 13.9. The Kier molecular flexibility index (Phi) is 9.46. The first-order chi connectivity index (χ1) is 18.2. The van der Waals surface area contributed by atoms with Crippen LogP contribution in [0, 0.1) is 18.6 Å². The molecule has 0 aliphatic carbocycles. The van der Waals surface area contributed by atoms with E-state index in [2.05, 4.69) is 10.6 Å². The lowest BCUT2D eigenvalue weighted by Crippen LogP contribution is -2.57. The van der Waals surface area contributed by atoms with Gasteiger partial charge in [-0.25, -0.2) is 8.78 Å². The number of nitrogens with one attached hydrogen (secondary N) is 2. The molecule has 2 aromatic carbocycles. The number of aliphatic hydroxyl groups is 1. The van der Waals surface area contributed by atoms with Gasteiger partial charge in [0.15, 0.2) is 0 Å². The first-order valence-corrected chi connectivity index (χ1v) is 13.4. The van der Waals surface area contributed by atoms with Crippen LogP contribution in [-0.2, 0) is 11.2 Å². The average Bonchev–Trinajstić information content (AvgIpc) is 3.42. The first kappa shape index (κ1) is 28.1. The van der Waals surface area contributed by atoms with E-state index in [0.717, 1.165) is 30.9 Å². The molecule has 0 spiro atoms. The monoisotopic (exact) mass is 529 g/mol. The lowest BCUT2D eigenvalue weighted by atomic mass is 9.90. The van der Waals surface area contributed by atoms with Crippen molar-refractivity contribution >= 4 is 11.8 Å². The van der Waals surface area contributed by atoms with E-state index in [1.54, 1.807) is 23.1 Å². The summed E-state index contributed by atoms with van der Waals surface area (Å²) in [5.74, 6) is -2.03. The highest BCUT2D eigenvalue weighted by molar-refractivity contribution is 6.00. The van der Waals surface area contributed by atoms with Crippen LogP contribution in [0.5, 0.6) is 0 Å². The molecule has 2 fully saturated rings. The molecule has 0 aromatic heterocycles. The van der Waals surface area contributed by atoms with Crippen molar-refractivity contribution in [3.8, 4) is 0 Å². The van der Waals surface area contributed by atoms with E-state index in [1.807, 2.05) is 13.8 Å². The molecule has 2 aliphatic heterocycles. The van der Waals surface area contributed by atoms with Crippen LogP contribution in [0.15, 0.2) is 36.4 Å². The molecule has 3 N–H and O–H groups in total. The van der Waals surface area contributed by atoms with E-state index in [-0.39, 0.29) is 24.5 Å². The minimum atomic E-state index is -1.05. The summed E-state index contributed by atoms with van der Waals surface area (Å²) in [6, 6.07) is 6.98. The highest BCUT2D eigenvalue weighted by Crippen LogP contribution is 2.21. The van der Waals surface area contributed by atoms with Crippen LogP contribution >= 0.6 is 0 Å². The second kappa shape index (κ2) is 12.8. The summed E-state index contributed by atoms with van der Waals surface area (Å²) in [4.78, 5) is 28.2. The fraction of sp³-hybridized carbons (Fsp3) is 0.517. The average molecular weight is 530 g/mol. The second-order valence-corrected chi connectivity index (χ2v) is 10.3. The molecule has 2 aliphatic rings. The number of hydrogen-bond donors (Lipinski definition) is 3. The number of rotatable bonds is 9. The quantitative estimate of drug-likeness (QED) is 0.464. The highest BCUT2D eigenvalue weighted by atomic mass is 19.1. The molecule has 0 saturated carbocycles. The Morgan fingerprint density at radius 2 is 1.79 bits per heavy atom. The van der Waals surface area contributed by atoms with Crippen molar-refractivity contribution in [2.24, 2.45) is 0 Å². The zero-order valence-electron chi connectivity index (χ0n) is 22.0. The number of ether oxygens (including phenoxy) is 1. The number of benzene rings is 2. The van der Waals surface area contributed by atoms with Crippen LogP contribution in [0.3, 0.4) is 0 Å². The van der Waals surface area contributed by atoms with Crippen molar-refractivity contribution in [2.75, 3.05) is 26.2 Å². The fourth-order valence-electron chi connectivity index (χ4n) is 5.47. The summed E-state index contributed by atoms with van der Waals surface area (Å²) in [5.41, 5.74) is 1.81. The van der Waals surface area contributed by atoms with Crippen LogP contribution in [0.1, 0.15) is 64.4 Å². The summed E-state index contributed by atoms with van der Waals surface area (Å²) in [7, 11) is 0. The number of hydrogen-bond acceptors (Lipinski definition) is 5. The molecule has 2 aromatic rings. The number of piperidine rings is 1. The minimum Gasteiger partial charge on any atom is -0.389 e. The van der Waals surface area contributed by atoms with Gasteiger partial charge in [0.1, 0.15) is 11.6 Å². The van der Waals surface area contributed by atoms with Gasteiger partial charge in [-0.2, -0.15) is 0 Å². The van der Waals surface area contributed by atoms with E-state index in [4.69, 9.17) is 4.74 Å². The van der Waals surface area contributed by atoms with Gasteiger partial charge in [-0.15, -0.1) is 0 Å². The van der Waals surface area contributed by atoms with Gasteiger partial charge < -0.3 is 25.4 Å². The van der Waals surface area contributed by atoms with Gasteiger partial charge >= 0.3 is 0 Å². The molecule has 9 heteroatoms. The zero-order valence-corrected chi connectivity index (χ0v) is 22.0. The molecule has 4 atom stereocenters. The molecule has 4 unspecified atom stereocenters. The van der Waals surface area contributed by atoms with E-state index in [1.165, 1.54) is 12.1 Å². The third kappa shape index (κ3) is 7.15. The van der Waals surface area contributed by atoms with Crippen molar-refractivity contribution < 1.29 is 28.2 Å². The number of aliphatic hydroxyl groups excluding tert-OH is 1. The zero-order chi connectivity index (χ0) is 27.2. The first-order valence-electron chi connectivity index (χ1n) is 13.4. The minimum absolute atomic E-state index is 0.0183. The van der Waals surface area contributed by atoms with Gasteiger partial charge in [0.2, 0.25) is 0 Å². The van der Waals surface area contributed by atoms with E-state index < -0.39 is 29.7 Å². The summed E-state index contributed by atoms with van der Waals surface area (Å²) >= 11 is 0. The van der Waals surface area contributed by atoms with Crippen LogP contribution in [0.4, 0.5) is 8.78 Å². The van der Waals surface area contributed by atoms with E-state index in [0.29, 0.717) is 49.4 Å². The van der Waals surface area contributed by atoms with Gasteiger partial charge in [0.25, 0.3) is 11.8 Å².